The molecule has 0 aromatic heterocycles. The van der Waals surface area contributed by atoms with Crippen molar-refractivity contribution >= 4 is 24.6 Å². The summed E-state index contributed by atoms with van der Waals surface area (Å²) in [5, 5.41) is 0. The maximum absolute atomic E-state index is 13.6. The van der Waals surface area contributed by atoms with E-state index in [1.165, 1.54) is 0 Å². The number of hydrogen-bond acceptors (Lipinski definition) is 7. The van der Waals surface area contributed by atoms with E-state index < -0.39 is 86.0 Å². The zero-order valence-corrected chi connectivity index (χ0v) is 26.9. The molecule has 0 saturated heterocycles. The molecule has 5 rings (SSSR count). The summed E-state index contributed by atoms with van der Waals surface area (Å²) in [5.74, 6) is -2.34. The molecule has 0 fully saturated rings. The Morgan fingerprint density at radius 2 is 0.760 bits per heavy atom. The molecule has 4 aromatic rings. The zero-order chi connectivity index (χ0) is 36.6. The van der Waals surface area contributed by atoms with Crippen molar-refractivity contribution in [3.05, 3.63) is 119 Å². The second-order valence-corrected chi connectivity index (χ2v) is 15.3. The van der Waals surface area contributed by atoms with Gasteiger partial charge in [0.15, 0.2) is 31.5 Å². The Morgan fingerprint density at radius 1 is 0.460 bits per heavy atom. The number of alkyl halides is 12. The first-order valence-electron chi connectivity index (χ1n) is 13.4. The van der Waals surface area contributed by atoms with Crippen molar-refractivity contribution in [2.45, 2.75) is 24.7 Å². The first-order valence-corrected chi connectivity index (χ1v) is 17.4. The van der Waals surface area contributed by atoms with Crippen LogP contribution < -0.4 is 27.8 Å². The molecule has 0 amide bonds. The largest absolute Gasteiger partial charge is 0.616 e. The van der Waals surface area contributed by atoms with E-state index in [0.717, 1.165) is 48.5 Å². The molecule has 22 heteroatoms. The molecule has 2 N–H and O–H groups in total. The van der Waals surface area contributed by atoms with E-state index in [1.54, 1.807) is 0 Å². The molecule has 1 heterocycles. The molecular formula is C28H18F12N3O4P3+2. The van der Waals surface area contributed by atoms with Crippen molar-refractivity contribution in [3.63, 3.8) is 0 Å². The maximum atomic E-state index is 13.6. The van der Waals surface area contributed by atoms with E-state index in [4.69, 9.17) is 18.1 Å². The van der Waals surface area contributed by atoms with E-state index >= 15 is 0 Å². The van der Waals surface area contributed by atoms with E-state index in [-0.39, 0.29) is 8.52 Å². The summed E-state index contributed by atoms with van der Waals surface area (Å²) in [5.41, 5.74) is -4.87. The van der Waals surface area contributed by atoms with Crippen molar-refractivity contribution in [1.82, 2.24) is 9.72 Å². The lowest BCUT2D eigenvalue weighted by Crippen LogP contribution is -2.36. The normalized spacial score (nSPS) is 16.4. The Bertz CT molecular complexity index is 1750. The SMILES string of the molecule is FC(F)(F)c1cccc(O[P+]2(Oc3cccc(C(F)(F)F)c3)N=PN[P+](Oc3cccc(C(F)(F)F)c3)(Oc3cccc(C(F)(F)F)c3)N2)c1. The van der Waals surface area contributed by atoms with Gasteiger partial charge < -0.3 is 0 Å². The molecule has 0 unspecified atom stereocenters. The zero-order valence-electron chi connectivity index (χ0n) is 24.2. The molecule has 0 saturated carbocycles. The number of benzene rings is 4. The third-order valence-corrected chi connectivity index (χ3v) is 12.8. The van der Waals surface area contributed by atoms with Crippen LogP contribution in [0, 0.1) is 0 Å². The highest BCUT2D eigenvalue weighted by atomic mass is 31.3. The van der Waals surface area contributed by atoms with Gasteiger partial charge in [-0.1, -0.05) is 24.3 Å². The standard InChI is InChI=1S/C28H18F12N3O4P3/c29-25(30,31)17-5-1-9-21(13-17)44-49(45-22-10-2-6-18(14-22)26(32,33)34)41-48-42-50(43-49,46-23-11-3-7-19(15-23)27(35,36)37)47-24-12-4-8-20(16-24)28(38,39)40/h1-16,43H,(H,41,42)/q+2. The third kappa shape index (κ3) is 9.26. The predicted octanol–water partition coefficient (Wildman–Crippen LogP) is 12.0. The third-order valence-electron chi connectivity index (χ3n) is 6.17. The summed E-state index contributed by atoms with van der Waals surface area (Å²) in [6, 6.07) is 12.6. The van der Waals surface area contributed by atoms with E-state index in [0.29, 0.717) is 48.5 Å². The highest BCUT2D eigenvalue weighted by Gasteiger charge is 2.69. The molecule has 0 spiro atoms. The molecule has 4 aromatic carbocycles. The van der Waals surface area contributed by atoms with Crippen molar-refractivity contribution in [2.75, 3.05) is 0 Å². The average Bonchev–Trinajstić information content (AvgIpc) is 3.00. The first-order chi connectivity index (χ1) is 23.1. The van der Waals surface area contributed by atoms with Gasteiger partial charge in [-0.05, 0) is 77.7 Å². The molecule has 1 aliphatic rings. The van der Waals surface area contributed by atoms with Gasteiger partial charge in [0.2, 0.25) is 0 Å². The van der Waals surface area contributed by atoms with Gasteiger partial charge in [0, 0.05) is 4.52 Å². The van der Waals surface area contributed by atoms with Gasteiger partial charge in [0.25, 0.3) is 0 Å². The second-order valence-electron chi connectivity index (χ2n) is 9.93. The van der Waals surface area contributed by atoms with Gasteiger partial charge >= 0.3 is 40.7 Å². The molecular weight excluding hydrogens is 763 g/mol. The first kappa shape index (κ1) is 37.4. The summed E-state index contributed by atoms with van der Waals surface area (Å²) in [7, 11) is -9.38. The topological polar surface area (TPSA) is 73.3 Å². The Kier molecular flexibility index (Phi) is 10.2. The number of hydrogen-bond donors (Lipinski definition) is 2. The van der Waals surface area contributed by atoms with Crippen molar-refractivity contribution in [3.8, 4) is 23.0 Å². The molecule has 0 bridgehead atoms. The van der Waals surface area contributed by atoms with Gasteiger partial charge in [-0.2, -0.15) is 52.7 Å². The van der Waals surface area contributed by atoms with Gasteiger partial charge in [-0.3, -0.25) is 18.1 Å². The Balaban J connectivity index is 1.64. The molecule has 50 heavy (non-hydrogen) atoms. The van der Waals surface area contributed by atoms with Gasteiger partial charge in [-0.25, -0.2) is 0 Å². The molecule has 0 radical (unpaired) electrons. The Morgan fingerprint density at radius 3 is 1.06 bits per heavy atom. The summed E-state index contributed by atoms with van der Waals surface area (Å²) < 4.78 is 190. The van der Waals surface area contributed by atoms with E-state index in [2.05, 4.69) is 14.2 Å². The monoisotopic (exact) mass is 781 g/mol. The average molecular weight is 781 g/mol. The molecule has 0 aliphatic carbocycles. The van der Waals surface area contributed by atoms with Crippen molar-refractivity contribution in [1.29, 1.82) is 0 Å². The van der Waals surface area contributed by atoms with Crippen LogP contribution in [-0.2, 0) is 24.7 Å². The second kappa shape index (κ2) is 13.7. The minimum atomic E-state index is -4.89. The lowest BCUT2D eigenvalue weighted by Gasteiger charge is -2.27. The fourth-order valence-corrected chi connectivity index (χ4v) is 10.9. The van der Waals surface area contributed by atoms with Crippen LogP contribution in [0.25, 0.3) is 0 Å². The summed E-state index contributed by atoms with van der Waals surface area (Å²) >= 11 is 0. The van der Waals surface area contributed by atoms with E-state index in [9.17, 15) is 52.7 Å². The maximum Gasteiger partial charge on any atom is 0.616 e. The van der Waals surface area contributed by atoms with Crippen LogP contribution in [0.1, 0.15) is 22.3 Å². The molecule has 266 valence electrons. The van der Waals surface area contributed by atoms with Gasteiger partial charge in [-0.15, -0.1) is 0 Å². The lowest BCUT2D eigenvalue weighted by atomic mass is 10.2. The number of nitrogens with one attached hydrogen (secondary N) is 2. The smallest absolute Gasteiger partial charge is 0.270 e. The molecule has 1 aliphatic heterocycles. The van der Waals surface area contributed by atoms with Crippen LogP contribution >= 0.6 is 24.6 Å². The van der Waals surface area contributed by atoms with Crippen LogP contribution in [0.3, 0.4) is 0 Å². The number of nitrogens with zero attached hydrogens (tertiary/aromatic N) is 1. The number of rotatable bonds is 8. The highest BCUT2D eigenvalue weighted by molar-refractivity contribution is 7.84. The van der Waals surface area contributed by atoms with Crippen molar-refractivity contribution in [2.24, 2.45) is 4.52 Å². The predicted molar refractivity (Wildman–Crippen MR) is 158 cm³/mol. The fraction of sp³-hybridized carbons (Fsp3) is 0.143. The lowest BCUT2D eigenvalue weighted by molar-refractivity contribution is -0.138. The summed E-state index contributed by atoms with van der Waals surface area (Å²) in [6.07, 6.45) is -19.5. The Labute approximate surface area is 276 Å². The van der Waals surface area contributed by atoms with Crippen molar-refractivity contribution < 1.29 is 70.8 Å². The van der Waals surface area contributed by atoms with Crippen LogP contribution in [0.5, 0.6) is 23.0 Å². The molecule has 7 nitrogen and oxygen atoms in total. The Hall–Kier alpha value is -3.88. The van der Waals surface area contributed by atoms with Crippen LogP contribution in [0.4, 0.5) is 52.7 Å². The number of halogens is 12. The van der Waals surface area contributed by atoms with Crippen LogP contribution in [0.2, 0.25) is 0 Å². The van der Waals surface area contributed by atoms with Gasteiger partial charge in [0.05, 0.1) is 22.3 Å². The highest BCUT2D eigenvalue weighted by Crippen LogP contribution is 2.73. The van der Waals surface area contributed by atoms with Gasteiger partial charge in [0.1, 0.15) is 4.86 Å². The van der Waals surface area contributed by atoms with E-state index in [1.807, 2.05) is 0 Å². The quantitative estimate of drug-likeness (QED) is 0.137. The van der Waals surface area contributed by atoms with Crippen LogP contribution in [0.15, 0.2) is 102 Å². The molecule has 0 atom stereocenters. The summed E-state index contributed by atoms with van der Waals surface area (Å²) in [4.78, 5) is 5.08. The minimum Gasteiger partial charge on any atom is -0.270 e. The summed E-state index contributed by atoms with van der Waals surface area (Å²) in [6.45, 7) is 0. The van der Waals surface area contributed by atoms with Crippen LogP contribution in [-0.4, -0.2) is 0 Å². The minimum absolute atomic E-state index is 0.387. The fourth-order valence-electron chi connectivity index (χ4n) is 4.04.